The summed E-state index contributed by atoms with van der Waals surface area (Å²) in [5.41, 5.74) is 6.93. The molecule has 6 heteroatoms. The summed E-state index contributed by atoms with van der Waals surface area (Å²) in [7, 11) is 3.47. The zero-order valence-corrected chi connectivity index (χ0v) is 12.8. The number of unbranched alkanes of at least 4 members (excludes halogenated alkanes) is 2. The van der Waals surface area contributed by atoms with Crippen molar-refractivity contribution >= 4 is 17.3 Å². The Morgan fingerprint density at radius 2 is 2.14 bits per heavy atom. The van der Waals surface area contributed by atoms with Crippen LogP contribution in [0.25, 0.3) is 0 Å². The molecule has 0 fully saturated rings. The molecule has 0 aromatic heterocycles. The number of anilines is 2. The van der Waals surface area contributed by atoms with Crippen molar-refractivity contribution in [2.45, 2.75) is 19.3 Å². The Labute approximate surface area is 125 Å². The van der Waals surface area contributed by atoms with Crippen LogP contribution in [0.3, 0.4) is 0 Å². The lowest BCUT2D eigenvalue weighted by atomic mass is 10.2. The van der Waals surface area contributed by atoms with Crippen molar-refractivity contribution in [1.82, 2.24) is 4.90 Å². The quantitative estimate of drug-likeness (QED) is 0.472. The average molecular weight is 295 g/mol. The summed E-state index contributed by atoms with van der Waals surface area (Å²) in [6.07, 6.45) is 2.74. The maximum absolute atomic E-state index is 11.9. The van der Waals surface area contributed by atoms with Gasteiger partial charge in [-0.2, -0.15) is 0 Å². The number of ether oxygens (including phenoxy) is 1. The Hall–Kier alpha value is -1.79. The molecule has 6 nitrogen and oxygen atoms in total. The molecule has 0 atom stereocenters. The molecule has 0 radical (unpaired) electrons. The van der Waals surface area contributed by atoms with E-state index >= 15 is 0 Å². The molecule has 0 unspecified atom stereocenters. The number of nitrogens with two attached hydrogens (primary N) is 1. The number of rotatable bonds is 9. The topological polar surface area (TPSA) is 87.8 Å². The Kier molecular flexibility index (Phi) is 7.56. The fraction of sp³-hybridized carbons (Fsp3) is 0.533. The molecule has 1 amide bonds. The molecule has 1 rings (SSSR count). The summed E-state index contributed by atoms with van der Waals surface area (Å²) in [6, 6.07) is 5.16. The Morgan fingerprint density at radius 3 is 2.76 bits per heavy atom. The number of nitrogens with zero attached hydrogens (tertiary/aromatic N) is 1. The van der Waals surface area contributed by atoms with E-state index in [4.69, 9.17) is 15.6 Å². The second-order valence-electron chi connectivity index (χ2n) is 5.02. The number of aliphatic hydroxyl groups is 1. The number of hydrogen-bond acceptors (Lipinski definition) is 5. The molecule has 1 aromatic carbocycles. The van der Waals surface area contributed by atoms with E-state index in [0.29, 0.717) is 23.7 Å². The highest BCUT2D eigenvalue weighted by Crippen LogP contribution is 2.23. The van der Waals surface area contributed by atoms with Gasteiger partial charge in [0, 0.05) is 12.7 Å². The van der Waals surface area contributed by atoms with Crippen LogP contribution in [0.15, 0.2) is 18.2 Å². The maximum Gasteiger partial charge on any atom is 0.238 e. The summed E-state index contributed by atoms with van der Waals surface area (Å²) in [5.74, 6) is 0.558. The SMILES string of the molecule is COc1ccc(NC(=O)CN(C)CCCCCO)c(N)c1. The van der Waals surface area contributed by atoms with Gasteiger partial charge >= 0.3 is 0 Å². The van der Waals surface area contributed by atoms with E-state index in [9.17, 15) is 4.79 Å². The number of carbonyl (C=O) groups excluding carboxylic acids is 1. The molecule has 1 aromatic rings. The van der Waals surface area contributed by atoms with Gasteiger partial charge in [-0.1, -0.05) is 0 Å². The standard InChI is InChI=1S/C15H25N3O3/c1-18(8-4-3-5-9-19)11-15(20)17-14-7-6-12(21-2)10-13(14)16/h6-7,10,19H,3-5,8-9,11,16H2,1-2H3,(H,17,20). The molecule has 0 aliphatic carbocycles. The Bertz CT molecular complexity index is 452. The van der Waals surface area contributed by atoms with Crippen LogP contribution in [0.5, 0.6) is 5.75 Å². The first-order valence-electron chi connectivity index (χ1n) is 7.09. The van der Waals surface area contributed by atoms with Crippen LogP contribution in [0.4, 0.5) is 11.4 Å². The zero-order valence-electron chi connectivity index (χ0n) is 12.8. The Morgan fingerprint density at radius 1 is 1.38 bits per heavy atom. The zero-order chi connectivity index (χ0) is 15.7. The van der Waals surface area contributed by atoms with Crippen LogP contribution in [-0.4, -0.2) is 49.8 Å². The van der Waals surface area contributed by atoms with Crippen molar-refractivity contribution in [3.63, 3.8) is 0 Å². The monoisotopic (exact) mass is 295 g/mol. The van der Waals surface area contributed by atoms with E-state index < -0.39 is 0 Å². The summed E-state index contributed by atoms with van der Waals surface area (Å²) < 4.78 is 5.06. The molecule has 0 saturated heterocycles. The number of amides is 1. The highest BCUT2D eigenvalue weighted by molar-refractivity contribution is 5.95. The van der Waals surface area contributed by atoms with Crippen LogP contribution in [0, 0.1) is 0 Å². The first kappa shape index (κ1) is 17.3. The fourth-order valence-electron chi connectivity index (χ4n) is 1.97. The van der Waals surface area contributed by atoms with Crippen molar-refractivity contribution in [2.75, 3.05) is 44.9 Å². The second kappa shape index (κ2) is 9.20. The average Bonchev–Trinajstić information content (AvgIpc) is 2.45. The number of likely N-dealkylation sites (N-methyl/N-ethyl adjacent to an activating group) is 1. The molecule has 0 heterocycles. The number of nitrogens with one attached hydrogen (secondary N) is 1. The molecule has 0 aliphatic rings. The minimum absolute atomic E-state index is 0.100. The second-order valence-corrected chi connectivity index (χ2v) is 5.02. The summed E-state index contributed by atoms with van der Waals surface area (Å²) >= 11 is 0. The number of aliphatic hydroxyl groups excluding tert-OH is 1. The van der Waals surface area contributed by atoms with E-state index in [1.807, 2.05) is 11.9 Å². The lowest BCUT2D eigenvalue weighted by molar-refractivity contribution is -0.117. The molecule has 118 valence electrons. The van der Waals surface area contributed by atoms with Crippen LogP contribution in [-0.2, 0) is 4.79 Å². The molecule has 0 aliphatic heterocycles. The van der Waals surface area contributed by atoms with Crippen molar-refractivity contribution in [3.8, 4) is 5.75 Å². The number of hydrogen-bond donors (Lipinski definition) is 3. The maximum atomic E-state index is 11.9. The van der Waals surface area contributed by atoms with Crippen LogP contribution >= 0.6 is 0 Å². The van der Waals surface area contributed by atoms with Crippen molar-refractivity contribution in [1.29, 1.82) is 0 Å². The van der Waals surface area contributed by atoms with Gasteiger partial charge in [-0.25, -0.2) is 0 Å². The van der Waals surface area contributed by atoms with Gasteiger partial charge in [-0.3, -0.25) is 9.69 Å². The lowest BCUT2D eigenvalue weighted by Gasteiger charge is -2.16. The third kappa shape index (κ3) is 6.46. The third-order valence-electron chi connectivity index (χ3n) is 3.14. The predicted molar refractivity (Wildman–Crippen MR) is 84.5 cm³/mol. The van der Waals surface area contributed by atoms with Gasteiger partial charge in [-0.05, 0) is 45.0 Å². The highest BCUT2D eigenvalue weighted by Gasteiger charge is 2.09. The van der Waals surface area contributed by atoms with E-state index in [0.717, 1.165) is 25.8 Å². The van der Waals surface area contributed by atoms with Crippen LogP contribution in [0.2, 0.25) is 0 Å². The predicted octanol–water partition coefficient (Wildman–Crippen LogP) is 1.31. The largest absolute Gasteiger partial charge is 0.497 e. The van der Waals surface area contributed by atoms with Gasteiger partial charge < -0.3 is 20.9 Å². The third-order valence-corrected chi connectivity index (χ3v) is 3.14. The van der Waals surface area contributed by atoms with E-state index in [-0.39, 0.29) is 12.5 Å². The molecule has 0 bridgehead atoms. The molecule has 0 saturated carbocycles. The normalized spacial score (nSPS) is 10.7. The van der Waals surface area contributed by atoms with Crippen molar-refractivity contribution in [3.05, 3.63) is 18.2 Å². The van der Waals surface area contributed by atoms with E-state index in [2.05, 4.69) is 5.32 Å². The van der Waals surface area contributed by atoms with Gasteiger partial charge in [-0.15, -0.1) is 0 Å². The first-order chi connectivity index (χ1) is 10.1. The fourth-order valence-corrected chi connectivity index (χ4v) is 1.97. The summed E-state index contributed by atoms with van der Waals surface area (Å²) in [5, 5.41) is 11.5. The lowest BCUT2D eigenvalue weighted by Crippen LogP contribution is -2.31. The first-order valence-corrected chi connectivity index (χ1v) is 7.09. The van der Waals surface area contributed by atoms with Gasteiger partial charge in [0.2, 0.25) is 5.91 Å². The Balaban J connectivity index is 2.39. The number of methoxy groups -OCH3 is 1. The van der Waals surface area contributed by atoms with Gasteiger partial charge in [0.1, 0.15) is 5.75 Å². The van der Waals surface area contributed by atoms with E-state index in [1.54, 1.807) is 25.3 Å². The van der Waals surface area contributed by atoms with Gasteiger partial charge in [0.15, 0.2) is 0 Å². The van der Waals surface area contributed by atoms with Crippen molar-refractivity contribution < 1.29 is 14.6 Å². The minimum atomic E-state index is -0.100. The highest BCUT2D eigenvalue weighted by atomic mass is 16.5. The minimum Gasteiger partial charge on any atom is -0.497 e. The molecular weight excluding hydrogens is 270 g/mol. The smallest absolute Gasteiger partial charge is 0.238 e. The van der Waals surface area contributed by atoms with Crippen LogP contribution in [0.1, 0.15) is 19.3 Å². The molecular formula is C15H25N3O3. The molecule has 21 heavy (non-hydrogen) atoms. The number of carbonyl (C=O) groups is 1. The number of nitrogen functional groups attached to an aromatic ring is 1. The van der Waals surface area contributed by atoms with Gasteiger partial charge in [0.05, 0.1) is 25.0 Å². The van der Waals surface area contributed by atoms with Crippen molar-refractivity contribution in [2.24, 2.45) is 0 Å². The molecule has 4 N–H and O–H groups in total. The summed E-state index contributed by atoms with van der Waals surface area (Å²) in [6.45, 7) is 1.36. The molecule has 0 spiro atoms. The summed E-state index contributed by atoms with van der Waals surface area (Å²) in [4.78, 5) is 13.9. The van der Waals surface area contributed by atoms with Crippen LogP contribution < -0.4 is 15.8 Å². The van der Waals surface area contributed by atoms with Gasteiger partial charge in [0.25, 0.3) is 0 Å². The van der Waals surface area contributed by atoms with E-state index in [1.165, 1.54) is 0 Å². The number of benzene rings is 1.